The van der Waals surface area contributed by atoms with Gasteiger partial charge in [-0.3, -0.25) is 4.79 Å². The van der Waals surface area contributed by atoms with E-state index in [4.69, 9.17) is 4.74 Å². The average Bonchev–Trinajstić information content (AvgIpc) is 2.93. The third kappa shape index (κ3) is 2.14. The first-order valence-electron chi connectivity index (χ1n) is 6.68. The molecule has 0 saturated heterocycles. The molecular weight excluding hydrogens is 236 g/mol. The van der Waals surface area contributed by atoms with E-state index in [1.54, 1.807) is 0 Å². The number of hydrogen-bond acceptors (Lipinski definition) is 2. The van der Waals surface area contributed by atoms with E-state index in [2.05, 4.69) is 6.92 Å². The Balaban J connectivity index is 2.00. The Labute approximate surface area is 113 Å². The summed E-state index contributed by atoms with van der Waals surface area (Å²) >= 11 is 0. The van der Waals surface area contributed by atoms with E-state index in [1.807, 2.05) is 42.5 Å². The largest absolute Gasteiger partial charge is 0.493 e. The number of fused-ring (bicyclic) bond motifs is 1. The predicted molar refractivity (Wildman–Crippen MR) is 74.9 cm³/mol. The Bertz CT molecular complexity index is 629. The molecule has 0 spiro atoms. The van der Waals surface area contributed by atoms with Gasteiger partial charge in [0.05, 0.1) is 6.61 Å². The van der Waals surface area contributed by atoms with Crippen molar-refractivity contribution >= 4 is 5.78 Å². The van der Waals surface area contributed by atoms with Gasteiger partial charge >= 0.3 is 0 Å². The summed E-state index contributed by atoms with van der Waals surface area (Å²) in [5.74, 6) is 1.02. The fourth-order valence-corrected chi connectivity index (χ4v) is 2.53. The highest BCUT2D eigenvalue weighted by Gasteiger charge is 2.17. The number of hydrogen-bond donors (Lipinski definition) is 0. The average molecular weight is 252 g/mol. The van der Waals surface area contributed by atoms with Crippen LogP contribution in [0.2, 0.25) is 0 Å². The molecular formula is C17H16O2. The Kier molecular flexibility index (Phi) is 3.08. The molecule has 0 aromatic heterocycles. The summed E-state index contributed by atoms with van der Waals surface area (Å²) in [6, 6.07) is 13.6. The van der Waals surface area contributed by atoms with Gasteiger partial charge in [0.25, 0.3) is 0 Å². The highest BCUT2D eigenvalue weighted by atomic mass is 16.5. The lowest BCUT2D eigenvalue weighted by Crippen LogP contribution is -2.05. The van der Waals surface area contributed by atoms with Gasteiger partial charge in [0.15, 0.2) is 5.78 Å². The molecule has 0 N–H and O–H groups in total. The highest BCUT2D eigenvalue weighted by Crippen LogP contribution is 2.27. The van der Waals surface area contributed by atoms with E-state index in [-0.39, 0.29) is 5.78 Å². The van der Waals surface area contributed by atoms with Crippen molar-refractivity contribution in [3.05, 3.63) is 64.7 Å². The summed E-state index contributed by atoms with van der Waals surface area (Å²) in [6.45, 7) is 2.79. The van der Waals surface area contributed by atoms with E-state index >= 15 is 0 Å². The zero-order valence-electron chi connectivity index (χ0n) is 11.0. The van der Waals surface area contributed by atoms with Gasteiger partial charge in [-0.2, -0.15) is 0 Å². The number of benzene rings is 2. The Hall–Kier alpha value is -2.09. The van der Waals surface area contributed by atoms with Crippen LogP contribution in [-0.4, -0.2) is 12.4 Å². The SMILES string of the molecule is CCc1ccccc1C(=O)c1ccc2c(c1)CCO2. The fourth-order valence-electron chi connectivity index (χ4n) is 2.53. The molecule has 19 heavy (non-hydrogen) atoms. The summed E-state index contributed by atoms with van der Waals surface area (Å²) in [7, 11) is 0. The van der Waals surface area contributed by atoms with Crippen molar-refractivity contribution in [1.82, 2.24) is 0 Å². The molecule has 2 heteroatoms. The molecule has 0 atom stereocenters. The van der Waals surface area contributed by atoms with Gasteiger partial charge in [-0.05, 0) is 35.7 Å². The molecule has 0 bridgehead atoms. The maximum atomic E-state index is 12.6. The second-order valence-corrected chi connectivity index (χ2v) is 4.76. The van der Waals surface area contributed by atoms with Crippen LogP contribution < -0.4 is 4.74 Å². The van der Waals surface area contributed by atoms with Crippen molar-refractivity contribution in [2.45, 2.75) is 19.8 Å². The molecule has 1 heterocycles. The van der Waals surface area contributed by atoms with Crippen molar-refractivity contribution in [3.63, 3.8) is 0 Å². The lowest BCUT2D eigenvalue weighted by molar-refractivity contribution is 0.103. The smallest absolute Gasteiger partial charge is 0.193 e. The number of carbonyl (C=O) groups is 1. The standard InChI is InChI=1S/C17H16O2/c1-2-12-5-3-4-6-15(12)17(18)14-7-8-16-13(11-14)9-10-19-16/h3-8,11H,2,9-10H2,1H3. The van der Waals surface area contributed by atoms with Crippen LogP contribution in [0.15, 0.2) is 42.5 Å². The van der Waals surface area contributed by atoms with Crippen molar-refractivity contribution in [1.29, 1.82) is 0 Å². The van der Waals surface area contributed by atoms with Crippen LogP contribution in [0.3, 0.4) is 0 Å². The predicted octanol–water partition coefficient (Wildman–Crippen LogP) is 3.41. The van der Waals surface area contributed by atoms with Gasteiger partial charge < -0.3 is 4.74 Å². The number of ketones is 1. The highest BCUT2D eigenvalue weighted by molar-refractivity contribution is 6.10. The number of carbonyl (C=O) groups excluding carboxylic acids is 1. The second kappa shape index (κ2) is 4.88. The molecule has 0 amide bonds. The summed E-state index contributed by atoms with van der Waals surface area (Å²) < 4.78 is 5.47. The molecule has 0 unspecified atom stereocenters. The van der Waals surface area contributed by atoms with E-state index in [9.17, 15) is 4.79 Å². The maximum Gasteiger partial charge on any atom is 0.193 e. The number of aryl methyl sites for hydroxylation is 1. The van der Waals surface area contributed by atoms with E-state index < -0.39 is 0 Å². The van der Waals surface area contributed by atoms with Gasteiger partial charge in [-0.15, -0.1) is 0 Å². The van der Waals surface area contributed by atoms with Crippen molar-refractivity contribution in [2.24, 2.45) is 0 Å². The number of ether oxygens (including phenoxy) is 1. The van der Waals surface area contributed by atoms with E-state index in [1.165, 1.54) is 0 Å². The molecule has 0 saturated carbocycles. The topological polar surface area (TPSA) is 26.3 Å². The molecule has 0 radical (unpaired) electrons. The fraction of sp³-hybridized carbons (Fsp3) is 0.235. The van der Waals surface area contributed by atoms with Gasteiger partial charge in [0.1, 0.15) is 5.75 Å². The third-order valence-electron chi connectivity index (χ3n) is 3.59. The first-order valence-corrected chi connectivity index (χ1v) is 6.68. The van der Waals surface area contributed by atoms with Crippen molar-refractivity contribution in [3.8, 4) is 5.75 Å². The summed E-state index contributed by atoms with van der Waals surface area (Å²) in [4.78, 5) is 12.6. The Morgan fingerprint density at radius 1 is 1.21 bits per heavy atom. The first-order chi connectivity index (χ1) is 9.29. The van der Waals surface area contributed by atoms with Crippen molar-refractivity contribution in [2.75, 3.05) is 6.61 Å². The van der Waals surface area contributed by atoms with Gasteiger partial charge in [0.2, 0.25) is 0 Å². The minimum absolute atomic E-state index is 0.104. The summed E-state index contributed by atoms with van der Waals surface area (Å²) in [5, 5.41) is 0. The third-order valence-corrected chi connectivity index (χ3v) is 3.59. The summed E-state index contributed by atoms with van der Waals surface area (Å²) in [6.07, 6.45) is 1.77. The van der Waals surface area contributed by atoms with Crippen LogP contribution in [0.25, 0.3) is 0 Å². The Morgan fingerprint density at radius 2 is 2.05 bits per heavy atom. The van der Waals surface area contributed by atoms with Crippen LogP contribution in [0.4, 0.5) is 0 Å². The molecule has 2 aromatic rings. The second-order valence-electron chi connectivity index (χ2n) is 4.76. The number of rotatable bonds is 3. The molecule has 0 aliphatic carbocycles. The van der Waals surface area contributed by atoms with Gasteiger partial charge in [-0.25, -0.2) is 0 Å². The molecule has 2 aromatic carbocycles. The maximum absolute atomic E-state index is 12.6. The molecule has 2 nitrogen and oxygen atoms in total. The zero-order chi connectivity index (χ0) is 13.2. The Morgan fingerprint density at radius 3 is 2.89 bits per heavy atom. The lowest BCUT2D eigenvalue weighted by Gasteiger charge is -2.07. The molecule has 0 fully saturated rings. The minimum atomic E-state index is 0.104. The molecule has 96 valence electrons. The summed E-state index contributed by atoms with van der Waals surface area (Å²) in [5.41, 5.74) is 3.80. The van der Waals surface area contributed by atoms with E-state index in [0.717, 1.165) is 47.5 Å². The normalized spacial score (nSPS) is 12.9. The van der Waals surface area contributed by atoms with Crippen LogP contribution in [0, 0.1) is 0 Å². The zero-order valence-corrected chi connectivity index (χ0v) is 11.0. The van der Waals surface area contributed by atoms with Crippen molar-refractivity contribution < 1.29 is 9.53 Å². The van der Waals surface area contributed by atoms with Gasteiger partial charge in [-0.1, -0.05) is 31.2 Å². The van der Waals surface area contributed by atoms with Gasteiger partial charge in [0, 0.05) is 17.5 Å². The molecule has 1 aliphatic heterocycles. The van der Waals surface area contributed by atoms with Crippen LogP contribution in [-0.2, 0) is 12.8 Å². The van der Waals surface area contributed by atoms with Crippen LogP contribution in [0.5, 0.6) is 5.75 Å². The first kappa shape index (κ1) is 12.0. The lowest BCUT2D eigenvalue weighted by atomic mass is 9.96. The molecule has 1 aliphatic rings. The van der Waals surface area contributed by atoms with Crippen LogP contribution >= 0.6 is 0 Å². The monoisotopic (exact) mass is 252 g/mol. The molecule has 3 rings (SSSR count). The van der Waals surface area contributed by atoms with E-state index in [0.29, 0.717) is 0 Å². The minimum Gasteiger partial charge on any atom is -0.493 e. The van der Waals surface area contributed by atoms with Crippen LogP contribution in [0.1, 0.15) is 34.0 Å². The quantitative estimate of drug-likeness (QED) is 0.782.